The maximum atomic E-state index is 13.2. The molecular formula is C14H21BrF3NO2. The summed E-state index contributed by atoms with van der Waals surface area (Å²) in [4.78, 5) is 14.2. The molecule has 1 amide bonds. The van der Waals surface area contributed by atoms with Crippen molar-refractivity contribution in [2.75, 3.05) is 18.5 Å². The second-order valence-corrected chi connectivity index (χ2v) is 6.64. The Labute approximate surface area is 131 Å². The molecule has 1 heterocycles. The van der Waals surface area contributed by atoms with Crippen molar-refractivity contribution in [3.63, 3.8) is 0 Å². The minimum atomic E-state index is -4.29. The topological polar surface area (TPSA) is 29.5 Å². The highest BCUT2D eigenvalue weighted by Crippen LogP contribution is 2.42. The Bertz CT molecular complexity index is 378. The van der Waals surface area contributed by atoms with Crippen LogP contribution in [0.25, 0.3) is 0 Å². The number of morpholine rings is 1. The lowest BCUT2D eigenvalue weighted by atomic mass is 9.77. The van der Waals surface area contributed by atoms with E-state index in [0.29, 0.717) is 37.7 Å². The Morgan fingerprint density at radius 2 is 2.00 bits per heavy atom. The summed E-state index contributed by atoms with van der Waals surface area (Å²) in [5.41, 5.74) is 0. The van der Waals surface area contributed by atoms with Crippen molar-refractivity contribution in [2.45, 2.75) is 50.9 Å². The minimum Gasteiger partial charge on any atom is -0.373 e. The molecule has 2 aliphatic rings. The van der Waals surface area contributed by atoms with E-state index >= 15 is 0 Å². The van der Waals surface area contributed by atoms with Gasteiger partial charge >= 0.3 is 6.18 Å². The first-order valence-corrected chi connectivity index (χ1v) is 8.51. The molecule has 1 aliphatic carbocycles. The summed E-state index contributed by atoms with van der Waals surface area (Å²) in [6, 6.07) is -0.163. The van der Waals surface area contributed by atoms with Gasteiger partial charge in [-0.25, -0.2) is 0 Å². The van der Waals surface area contributed by atoms with E-state index in [2.05, 4.69) is 15.9 Å². The van der Waals surface area contributed by atoms with Gasteiger partial charge in [0.15, 0.2) is 0 Å². The predicted octanol–water partition coefficient (Wildman–Crippen LogP) is 3.37. The van der Waals surface area contributed by atoms with Gasteiger partial charge in [-0.15, -0.1) is 0 Å². The third-order valence-electron chi connectivity index (χ3n) is 4.46. The molecule has 0 radical (unpaired) electrons. The standard InChI is InChI=1S/C14H21BrF3NO2/c1-9-8-21-10(6-15)7-19(9)13(20)11-4-2-3-5-12(11)14(16,17)18/h9-12H,2-8H2,1H3. The molecule has 2 rings (SSSR count). The fraction of sp³-hybridized carbons (Fsp3) is 0.929. The molecule has 1 aliphatic heterocycles. The fourth-order valence-electron chi connectivity index (χ4n) is 3.25. The van der Waals surface area contributed by atoms with Crippen molar-refractivity contribution < 1.29 is 22.7 Å². The van der Waals surface area contributed by atoms with Crippen LogP contribution in [0.1, 0.15) is 32.6 Å². The fourth-order valence-corrected chi connectivity index (χ4v) is 3.64. The number of rotatable bonds is 2. The van der Waals surface area contributed by atoms with Crippen molar-refractivity contribution in [2.24, 2.45) is 11.8 Å². The lowest BCUT2D eigenvalue weighted by Gasteiger charge is -2.42. The SMILES string of the molecule is CC1COC(CBr)CN1C(=O)C1CCCCC1C(F)(F)F. The van der Waals surface area contributed by atoms with Crippen molar-refractivity contribution in [3.05, 3.63) is 0 Å². The number of hydrogen-bond donors (Lipinski definition) is 0. The first-order valence-electron chi connectivity index (χ1n) is 7.39. The molecule has 0 spiro atoms. The van der Waals surface area contributed by atoms with Gasteiger partial charge in [0.2, 0.25) is 5.91 Å². The van der Waals surface area contributed by atoms with Gasteiger partial charge in [-0.3, -0.25) is 4.79 Å². The predicted molar refractivity (Wildman–Crippen MR) is 76.2 cm³/mol. The second-order valence-electron chi connectivity index (χ2n) is 5.99. The summed E-state index contributed by atoms with van der Waals surface area (Å²) < 4.78 is 45.0. The van der Waals surface area contributed by atoms with Gasteiger partial charge in [0.25, 0.3) is 0 Å². The van der Waals surface area contributed by atoms with Crippen LogP contribution in [-0.4, -0.2) is 47.6 Å². The Balaban J connectivity index is 2.12. The van der Waals surface area contributed by atoms with Gasteiger partial charge in [-0.05, 0) is 19.8 Å². The van der Waals surface area contributed by atoms with Crippen LogP contribution < -0.4 is 0 Å². The molecular weight excluding hydrogens is 351 g/mol. The van der Waals surface area contributed by atoms with Crippen LogP contribution in [0.5, 0.6) is 0 Å². The zero-order chi connectivity index (χ0) is 15.6. The molecule has 0 aromatic rings. The smallest absolute Gasteiger partial charge is 0.373 e. The average molecular weight is 372 g/mol. The number of halogens is 4. The summed E-state index contributed by atoms with van der Waals surface area (Å²) in [5.74, 6) is -2.76. The van der Waals surface area contributed by atoms with Crippen LogP contribution in [0.4, 0.5) is 13.2 Å². The van der Waals surface area contributed by atoms with E-state index < -0.39 is 18.0 Å². The first-order chi connectivity index (χ1) is 9.84. The van der Waals surface area contributed by atoms with E-state index in [9.17, 15) is 18.0 Å². The highest BCUT2D eigenvalue weighted by Gasteiger charge is 2.49. The number of hydrogen-bond acceptors (Lipinski definition) is 2. The van der Waals surface area contributed by atoms with E-state index in [0.717, 1.165) is 0 Å². The molecule has 4 unspecified atom stereocenters. The van der Waals surface area contributed by atoms with Crippen molar-refractivity contribution in [1.82, 2.24) is 4.90 Å². The van der Waals surface area contributed by atoms with E-state index in [-0.39, 0.29) is 24.5 Å². The quantitative estimate of drug-likeness (QED) is 0.696. The Morgan fingerprint density at radius 1 is 1.33 bits per heavy atom. The van der Waals surface area contributed by atoms with Gasteiger partial charge in [0.1, 0.15) is 0 Å². The van der Waals surface area contributed by atoms with Gasteiger partial charge in [-0.1, -0.05) is 28.8 Å². The van der Waals surface area contributed by atoms with Crippen LogP contribution in [0, 0.1) is 11.8 Å². The Hall–Kier alpha value is -0.300. The van der Waals surface area contributed by atoms with Crippen LogP contribution in [-0.2, 0) is 9.53 Å². The molecule has 2 fully saturated rings. The summed E-state index contributed by atoms with van der Waals surface area (Å²) in [5, 5.41) is 0.580. The maximum absolute atomic E-state index is 13.2. The van der Waals surface area contributed by atoms with Crippen molar-refractivity contribution in [3.8, 4) is 0 Å². The molecule has 122 valence electrons. The lowest BCUT2D eigenvalue weighted by molar-refractivity contribution is -0.203. The molecule has 0 bridgehead atoms. The Kier molecular flexibility index (Phi) is 5.57. The zero-order valence-corrected chi connectivity index (χ0v) is 13.6. The Morgan fingerprint density at radius 3 is 2.62 bits per heavy atom. The lowest BCUT2D eigenvalue weighted by Crippen LogP contribution is -2.55. The minimum absolute atomic E-state index is 0.0699. The van der Waals surface area contributed by atoms with E-state index in [1.807, 2.05) is 6.92 Å². The van der Waals surface area contributed by atoms with Gasteiger partial charge < -0.3 is 9.64 Å². The van der Waals surface area contributed by atoms with Crippen LogP contribution in [0.3, 0.4) is 0 Å². The third kappa shape index (κ3) is 3.92. The highest BCUT2D eigenvalue weighted by atomic mass is 79.9. The molecule has 4 atom stereocenters. The molecule has 3 nitrogen and oxygen atoms in total. The van der Waals surface area contributed by atoms with E-state index in [4.69, 9.17) is 4.74 Å². The van der Waals surface area contributed by atoms with Crippen LogP contribution in [0.2, 0.25) is 0 Å². The second kappa shape index (κ2) is 6.86. The van der Waals surface area contributed by atoms with Crippen molar-refractivity contribution in [1.29, 1.82) is 0 Å². The summed E-state index contributed by atoms with van der Waals surface area (Å²) >= 11 is 3.30. The number of amides is 1. The van der Waals surface area contributed by atoms with Crippen LogP contribution in [0.15, 0.2) is 0 Å². The van der Waals surface area contributed by atoms with E-state index in [1.54, 1.807) is 4.90 Å². The third-order valence-corrected chi connectivity index (χ3v) is 5.19. The van der Waals surface area contributed by atoms with Gasteiger partial charge in [0.05, 0.1) is 24.7 Å². The molecule has 0 N–H and O–H groups in total. The average Bonchev–Trinajstić information content (AvgIpc) is 2.46. The molecule has 7 heteroatoms. The van der Waals surface area contributed by atoms with E-state index in [1.165, 1.54) is 0 Å². The monoisotopic (exact) mass is 371 g/mol. The number of carbonyl (C=O) groups excluding carboxylic acids is 1. The summed E-state index contributed by atoms with van der Waals surface area (Å²) in [6.07, 6.45) is -2.77. The summed E-state index contributed by atoms with van der Waals surface area (Å²) in [6.45, 7) is 2.57. The molecule has 1 saturated carbocycles. The number of alkyl halides is 4. The van der Waals surface area contributed by atoms with Crippen LogP contribution >= 0.6 is 15.9 Å². The number of ether oxygens (including phenoxy) is 1. The number of nitrogens with zero attached hydrogens (tertiary/aromatic N) is 1. The molecule has 21 heavy (non-hydrogen) atoms. The zero-order valence-electron chi connectivity index (χ0n) is 12.0. The number of carbonyl (C=O) groups is 1. The maximum Gasteiger partial charge on any atom is 0.392 e. The van der Waals surface area contributed by atoms with Gasteiger partial charge in [-0.2, -0.15) is 13.2 Å². The summed E-state index contributed by atoms with van der Waals surface area (Å²) in [7, 11) is 0. The normalized spacial score (nSPS) is 34.8. The highest BCUT2D eigenvalue weighted by molar-refractivity contribution is 9.09. The molecule has 0 aromatic carbocycles. The van der Waals surface area contributed by atoms with Gasteiger partial charge in [0, 0.05) is 17.8 Å². The largest absolute Gasteiger partial charge is 0.392 e. The van der Waals surface area contributed by atoms with Crippen molar-refractivity contribution >= 4 is 21.8 Å². The first kappa shape index (κ1) is 17.1. The molecule has 0 aromatic heterocycles. The molecule has 1 saturated heterocycles.